The zero-order valence-corrected chi connectivity index (χ0v) is 17.4. The summed E-state index contributed by atoms with van der Waals surface area (Å²) in [6, 6.07) is 15.2. The molecular formula is C22H26BrNO4. The van der Waals surface area contributed by atoms with Gasteiger partial charge < -0.3 is 19.5 Å². The lowest BCUT2D eigenvalue weighted by atomic mass is 10.2. The van der Waals surface area contributed by atoms with Crippen molar-refractivity contribution in [3.63, 3.8) is 0 Å². The largest absolute Gasteiger partial charge is 0.488 e. The van der Waals surface area contributed by atoms with Gasteiger partial charge in [0.1, 0.15) is 12.4 Å². The van der Waals surface area contributed by atoms with Crippen LogP contribution < -0.4 is 10.1 Å². The Morgan fingerprint density at radius 2 is 2.11 bits per heavy atom. The first-order chi connectivity index (χ1) is 13.7. The average Bonchev–Trinajstić information content (AvgIpc) is 3.23. The Morgan fingerprint density at radius 3 is 2.93 bits per heavy atom. The third kappa shape index (κ3) is 6.62. The van der Waals surface area contributed by atoms with E-state index in [1.807, 2.05) is 42.5 Å². The van der Waals surface area contributed by atoms with E-state index in [2.05, 4.69) is 21.2 Å². The number of halogens is 1. The van der Waals surface area contributed by atoms with Gasteiger partial charge in [-0.3, -0.25) is 4.79 Å². The average molecular weight is 448 g/mol. The second kappa shape index (κ2) is 11.2. The molecule has 0 aliphatic carbocycles. The lowest BCUT2D eigenvalue weighted by molar-refractivity contribution is 0.0166. The zero-order valence-electron chi connectivity index (χ0n) is 15.9. The highest BCUT2D eigenvalue weighted by Crippen LogP contribution is 2.20. The van der Waals surface area contributed by atoms with Crippen LogP contribution in [0.25, 0.3) is 0 Å². The summed E-state index contributed by atoms with van der Waals surface area (Å²) >= 11 is 3.45. The highest BCUT2D eigenvalue weighted by Gasteiger charge is 2.15. The summed E-state index contributed by atoms with van der Waals surface area (Å²) in [6.07, 6.45) is 3.20. The molecule has 1 aliphatic rings. The third-order valence-corrected chi connectivity index (χ3v) is 4.99. The van der Waals surface area contributed by atoms with E-state index in [1.54, 1.807) is 6.07 Å². The molecule has 1 atom stereocenters. The van der Waals surface area contributed by atoms with E-state index in [0.717, 1.165) is 35.9 Å². The van der Waals surface area contributed by atoms with E-state index in [1.165, 1.54) is 0 Å². The van der Waals surface area contributed by atoms with Crippen LogP contribution in [0.15, 0.2) is 53.0 Å². The van der Waals surface area contributed by atoms with Crippen LogP contribution in [0.4, 0.5) is 0 Å². The van der Waals surface area contributed by atoms with Crippen molar-refractivity contribution in [2.75, 3.05) is 26.4 Å². The molecule has 5 nitrogen and oxygen atoms in total. The van der Waals surface area contributed by atoms with Crippen LogP contribution in [0.2, 0.25) is 0 Å². The Kier molecular flexibility index (Phi) is 8.33. The number of carbonyl (C=O) groups excluding carboxylic acids is 1. The van der Waals surface area contributed by atoms with Gasteiger partial charge in [0.25, 0.3) is 5.91 Å². The van der Waals surface area contributed by atoms with Crippen molar-refractivity contribution in [3.05, 3.63) is 64.1 Å². The van der Waals surface area contributed by atoms with Crippen molar-refractivity contribution >= 4 is 21.8 Å². The molecule has 1 unspecified atom stereocenters. The van der Waals surface area contributed by atoms with Crippen LogP contribution in [0, 0.1) is 0 Å². The number of hydrogen-bond donors (Lipinski definition) is 1. The van der Waals surface area contributed by atoms with Crippen molar-refractivity contribution in [2.24, 2.45) is 0 Å². The monoisotopic (exact) mass is 447 g/mol. The van der Waals surface area contributed by atoms with Gasteiger partial charge in [0, 0.05) is 24.2 Å². The minimum absolute atomic E-state index is 0.135. The molecule has 28 heavy (non-hydrogen) atoms. The van der Waals surface area contributed by atoms with E-state index in [9.17, 15) is 4.79 Å². The van der Waals surface area contributed by atoms with E-state index in [-0.39, 0.29) is 12.0 Å². The number of benzene rings is 2. The predicted molar refractivity (Wildman–Crippen MR) is 112 cm³/mol. The van der Waals surface area contributed by atoms with Crippen LogP contribution in [-0.4, -0.2) is 38.4 Å². The summed E-state index contributed by atoms with van der Waals surface area (Å²) in [7, 11) is 0. The minimum Gasteiger partial charge on any atom is -0.488 e. The summed E-state index contributed by atoms with van der Waals surface area (Å²) in [4.78, 5) is 12.5. The number of amides is 1. The fourth-order valence-corrected chi connectivity index (χ4v) is 3.48. The van der Waals surface area contributed by atoms with Crippen molar-refractivity contribution in [1.29, 1.82) is 0 Å². The summed E-state index contributed by atoms with van der Waals surface area (Å²) in [6.45, 7) is 3.06. The second-order valence-corrected chi connectivity index (χ2v) is 7.65. The third-order valence-electron chi connectivity index (χ3n) is 4.49. The van der Waals surface area contributed by atoms with Crippen LogP contribution in [0.1, 0.15) is 35.2 Å². The van der Waals surface area contributed by atoms with Gasteiger partial charge in [-0.1, -0.05) is 40.2 Å². The fourth-order valence-electron chi connectivity index (χ4n) is 3.03. The Hall–Kier alpha value is -1.89. The lowest BCUT2D eigenvalue weighted by Gasteiger charge is -2.13. The van der Waals surface area contributed by atoms with Gasteiger partial charge in [-0.25, -0.2) is 0 Å². The quantitative estimate of drug-likeness (QED) is 0.550. The fraction of sp³-hybridized carbons (Fsp3) is 0.409. The first kappa shape index (κ1) is 20.8. The van der Waals surface area contributed by atoms with Crippen LogP contribution >= 0.6 is 15.9 Å². The number of nitrogens with one attached hydrogen (secondary N) is 1. The number of rotatable bonds is 10. The molecule has 0 aromatic heterocycles. The Bertz CT molecular complexity index is 762. The van der Waals surface area contributed by atoms with Gasteiger partial charge in [0.05, 0.1) is 18.3 Å². The van der Waals surface area contributed by atoms with Gasteiger partial charge in [-0.15, -0.1) is 0 Å². The first-order valence-electron chi connectivity index (χ1n) is 9.66. The molecule has 1 fully saturated rings. The molecule has 0 radical (unpaired) electrons. The molecule has 2 aromatic carbocycles. The molecule has 1 aliphatic heterocycles. The Labute approximate surface area is 174 Å². The molecule has 1 amide bonds. The summed E-state index contributed by atoms with van der Waals surface area (Å²) in [5.74, 6) is 0.443. The smallest absolute Gasteiger partial charge is 0.255 e. The van der Waals surface area contributed by atoms with Crippen molar-refractivity contribution in [3.8, 4) is 5.75 Å². The lowest BCUT2D eigenvalue weighted by Crippen LogP contribution is -2.26. The predicted octanol–water partition coefficient (Wildman–Crippen LogP) is 4.34. The van der Waals surface area contributed by atoms with Crippen LogP contribution in [-0.2, 0) is 16.1 Å². The molecule has 0 spiro atoms. The number of para-hydroxylation sites is 1. The van der Waals surface area contributed by atoms with E-state index in [4.69, 9.17) is 14.2 Å². The SMILES string of the molecule is O=C(NCCCOCC1CCCO1)c1ccccc1OCc1cccc(Br)c1. The number of hydrogen-bond acceptors (Lipinski definition) is 4. The van der Waals surface area contributed by atoms with Gasteiger partial charge in [-0.2, -0.15) is 0 Å². The topological polar surface area (TPSA) is 56.8 Å². The second-order valence-electron chi connectivity index (χ2n) is 6.73. The molecule has 0 saturated carbocycles. The maximum absolute atomic E-state index is 12.5. The van der Waals surface area contributed by atoms with Crippen molar-refractivity contribution in [2.45, 2.75) is 32.0 Å². The maximum atomic E-state index is 12.5. The van der Waals surface area contributed by atoms with Crippen molar-refractivity contribution < 1.29 is 19.0 Å². The molecule has 0 bridgehead atoms. The van der Waals surface area contributed by atoms with Gasteiger partial charge >= 0.3 is 0 Å². The highest BCUT2D eigenvalue weighted by molar-refractivity contribution is 9.10. The molecule has 2 aromatic rings. The highest BCUT2D eigenvalue weighted by atomic mass is 79.9. The molecule has 150 valence electrons. The molecular weight excluding hydrogens is 422 g/mol. The number of carbonyl (C=O) groups is 1. The molecule has 3 rings (SSSR count). The standard InChI is InChI=1S/C22H26BrNO4/c23-18-7-3-6-17(14-18)15-28-21-10-2-1-9-20(21)22(25)24-11-5-12-26-16-19-8-4-13-27-19/h1-3,6-7,9-10,14,19H,4-5,8,11-13,15-16H2,(H,24,25). The van der Waals surface area contributed by atoms with Gasteiger partial charge in [0.2, 0.25) is 0 Å². The zero-order chi connectivity index (χ0) is 19.6. The van der Waals surface area contributed by atoms with Gasteiger partial charge in [-0.05, 0) is 49.1 Å². The Morgan fingerprint density at radius 1 is 1.21 bits per heavy atom. The van der Waals surface area contributed by atoms with E-state index in [0.29, 0.717) is 37.7 Å². The van der Waals surface area contributed by atoms with E-state index < -0.39 is 0 Å². The maximum Gasteiger partial charge on any atom is 0.255 e. The normalized spacial score (nSPS) is 16.1. The molecule has 1 N–H and O–H groups in total. The van der Waals surface area contributed by atoms with Crippen LogP contribution in [0.3, 0.4) is 0 Å². The molecule has 1 saturated heterocycles. The van der Waals surface area contributed by atoms with E-state index >= 15 is 0 Å². The molecule has 6 heteroatoms. The summed E-state index contributed by atoms with van der Waals surface area (Å²) < 4.78 is 18.0. The summed E-state index contributed by atoms with van der Waals surface area (Å²) in [5.41, 5.74) is 1.57. The minimum atomic E-state index is -0.135. The first-order valence-corrected chi connectivity index (χ1v) is 10.5. The van der Waals surface area contributed by atoms with Gasteiger partial charge in [0.15, 0.2) is 0 Å². The van der Waals surface area contributed by atoms with Crippen LogP contribution in [0.5, 0.6) is 5.75 Å². The van der Waals surface area contributed by atoms with Crippen molar-refractivity contribution in [1.82, 2.24) is 5.32 Å². The number of ether oxygens (including phenoxy) is 3. The molecule has 1 heterocycles. The summed E-state index contributed by atoms with van der Waals surface area (Å²) in [5, 5.41) is 2.94. The Balaban J connectivity index is 1.41.